The highest BCUT2D eigenvalue weighted by Gasteiger charge is 2.54. The molecule has 376 valence electrons. The van der Waals surface area contributed by atoms with Crippen LogP contribution < -0.4 is 10.1 Å². The fourth-order valence-corrected chi connectivity index (χ4v) is 12.5. The number of hydrogen-bond acceptors (Lipinski definition) is 14. The summed E-state index contributed by atoms with van der Waals surface area (Å²) in [4.78, 5) is 41.5. The van der Waals surface area contributed by atoms with Crippen molar-refractivity contribution in [1.29, 1.82) is 0 Å². The van der Waals surface area contributed by atoms with Crippen LogP contribution in [0.5, 0.6) is 23.0 Å². The minimum absolute atomic E-state index is 0.0637. The third kappa shape index (κ3) is 9.27. The van der Waals surface area contributed by atoms with Gasteiger partial charge in [-0.15, -0.1) is 0 Å². The van der Waals surface area contributed by atoms with E-state index in [9.17, 15) is 39.9 Å². The molecular weight excluding hydrogens is 895 g/mol. The second-order valence-electron chi connectivity index (χ2n) is 21.0. The first-order chi connectivity index (χ1) is 33.2. The zero-order chi connectivity index (χ0) is 50.6. The van der Waals surface area contributed by atoms with Gasteiger partial charge in [-0.05, 0) is 81.8 Å². The number of aliphatic hydroxyl groups excluding tert-OH is 2. The Labute approximate surface area is 409 Å². The third-order valence-corrected chi connectivity index (χ3v) is 16.1. The Bertz CT molecular complexity index is 2610. The predicted molar refractivity (Wildman–Crippen MR) is 264 cm³/mol. The van der Waals surface area contributed by atoms with Crippen LogP contribution in [0.4, 0.5) is 5.69 Å². The molecule has 9 bridgehead atoms. The second kappa shape index (κ2) is 19.7. The Balaban J connectivity index is 1.29. The van der Waals surface area contributed by atoms with Gasteiger partial charge in [-0.2, -0.15) is 5.10 Å². The van der Waals surface area contributed by atoms with Crippen molar-refractivity contribution in [2.75, 3.05) is 12.4 Å². The Morgan fingerprint density at radius 1 is 0.886 bits per heavy atom. The molecule has 0 radical (unpaired) electrons. The summed E-state index contributed by atoms with van der Waals surface area (Å²) in [5.74, 6) is -6.60. The molecule has 3 aromatic rings. The normalized spacial score (nSPS) is 35.0. The van der Waals surface area contributed by atoms with Crippen molar-refractivity contribution in [1.82, 2.24) is 5.01 Å². The van der Waals surface area contributed by atoms with Crippen LogP contribution in [0.25, 0.3) is 10.8 Å². The molecule has 4 fully saturated rings. The standard InChI is InChI=1S/C55H69N3O12/c1-28-14-13-15-29(2)53(66)57-44-39(26-56-58(27-35-16-11-10-12-17-35)55-23-36-20-37(24-55)22-38(21-36)25-55)48(63)41-42(49(44)64)47(62)33(6)51-43(41)52(65)54(8,70-51)68-19-18-40(67-9)30(3)50(69-34(7)59)32(5)46(61)31(4)45(28)60/h10-19,26,28,30-32,36-38,40,45-46,50,60-64H,20-25,27H2,1-9H3,(H,57,66)/b14-13+,19-18+,29-15-,56-26+/t28-,30+,31+,32+,36?,37?,38?,40-,45-,46+,50+,54-,55?/m0/s1. The van der Waals surface area contributed by atoms with Crippen LogP contribution in [-0.4, -0.2) is 97.3 Å². The molecule has 10 rings (SSSR count). The molecule has 6 N–H and O–H groups in total. The summed E-state index contributed by atoms with van der Waals surface area (Å²) >= 11 is 0. The van der Waals surface area contributed by atoms with Crippen molar-refractivity contribution in [3.05, 3.63) is 88.7 Å². The molecule has 4 saturated carbocycles. The number of phenols is 3. The number of Topliss-reactive ketones (excluding diaryl/α,β-unsaturated/α-hetero) is 1. The van der Waals surface area contributed by atoms with Crippen LogP contribution in [0.2, 0.25) is 0 Å². The van der Waals surface area contributed by atoms with E-state index in [4.69, 9.17) is 24.0 Å². The lowest BCUT2D eigenvalue weighted by Gasteiger charge is -2.59. The van der Waals surface area contributed by atoms with Crippen LogP contribution in [0.15, 0.2) is 71.6 Å². The van der Waals surface area contributed by atoms with Crippen molar-refractivity contribution >= 4 is 40.3 Å². The lowest BCUT2D eigenvalue weighted by molar-refractivity contribution is -0.160. The van der Waals surface area contributed by atoms with Gasteiger partial charge in [-0.1, -0.05) is 76.3 Å². The first-order valence-electron chi connectivity index (χ1n) is 24.6. The van der Waals surface area contributed by atoms with Gasteiger partial charge < -0.3 is 49.8 Å². The average Bonchev–Trinajstić information content (AvgIpc) is 3.58. The fraction of sp³-hybridized carbons (Fsp3) is 0.527. The number of nitrogens with zero attached hydrogens (tertiary/aromatic N) is 2. The minimum Gasteiger partial charge on any atom is -0.507 e. The Morgan fingerprint density at radius 2 is 1.53 bits per heavy atom. The van der Waals surface area contributed by atoms with E-state index in [1.807, 2.05) is 30.3 Å². The lowest BCUT2D eigenvalue weighted by atomic mass is 9.52. The van der Waals surface area contributed by atoms with Crippen LogP contribution in [0.1, 0.15) is 114 Å². The number of aliphatic hydroxyl groups is 2. The zero-order valence-electron chi connectivity index (χ0n) is 41.6. The van der Waals surface area contributed by atoms with E-state index in [-0.39, 0.29) is 50.0 Å². The number of phenolic OH excluding ortho intramolecular Hbond substituents is 3. The summed E-state index contributed by atoms with van der Waals surface area (Å²) in [6, 6.07) is 10.0. The number of rotatable bonds is 7. The number of carbonyl (C=O) groups excluding carboxylic acids is 3. The molecule has 9 atom stereocenters. The van der Waals surface area contributed by atoms with Crippen LogP contribution in [-0.2, 0) is 30.3 Å². The highest BCUT2D eigenvalue weighted by atomic mass is 16.7. The smallest absolute Gasteiger partial charge is 0.312 e. The van der Waals surface area contributed by atoms with Gasteiger partial charge >= 0.3 is 11.8 Å². The molecule has 3 heterocycles. The van der Waals surface area contributed by atoms with Crippen molar-refractivity contribution in [2.24, 2.45) is 46.5 Å². The number of esters is 1. The van der Waals surface area contributed by atoms with Crippen molar-refractivity contribution < 1.29 is 58.9 Å². The molecule has 0 saturated heterocycles. The van der Waals surface area contributed by atoms with Gasteiger partial charge in [-0.25, -0.2) is 0 Å². The number of aromatic hydroxyl groups is 3. The van der Waals surface area contributed by atoms with Gasteiger partial charge in [0.2, 0.25) is 0 Å². The van der Waals surface area contributed by atoms with Gasteiger partial charge in [0.1, 0.15) is 23.4 Å². The molecular formula is C55H69N3O12. The number of allylic oxidation sites excluding steroid dienone is 2. The molecule has 1 amide bonds. The number of ether oxygens (including phenoxy) is 4. The maximum atomic E-state index is 14.8. The van der Waals surface area contributed by atoms with E-state index in [1.165, 1.54) is 71.8 Å². The molecule has 70 heavy (non-hydrogen) atoms. The number of hydrazone groups is 1. The SMILES string of the molecule is CO[C@H]1/C=C/O[C@@]2(C)Oc3c(C)c(O)c4c(O)c(c(/C=N/N(Cc5ccccc5)C56CC7CC(CC(C7)C5)C6)c(O)c4c3C2=O)NC(=O)/C(C)=C\C=C\[C@H](C)[C@H](O)[C@@H](C)[C@@H](O)[C@@H](C)[C@H](OC(C)=O)[C@@H]1C. The third-order valence-electron chi connectivity index (χ3n) is 16.1. The molecule has 0 spiro atoms. The summed E-state index contributed by atoms with van der Waals surface area (Å²) in [5.41, 5.74) is 0.492. The van der Waals surface area contributed by atoms with E-state index >= 15 is 0 Å². The van der Waals surface area contributed by atoms with E-state index in [0.29, 0.717) is 24.3 Å². The molecule has 3 aromatic carbocycles. The van der Waals surface area contributed by atoms with Crippen molar-refractivity contribution in [3.8, 4) is 23.0 Å². The Kier molecular flexibility index (Phi) is 14.2. The summed E-state index contributed by atoms with van der Waals surface area (Å²) in [6.45, 7) is 13.1. The Morgan fingerprint density at radius 3 is 2.14 bits per heavy atom. The summed E-state index contributed by atoms with van der Waals surface area (Å²) in [6.07, 6.45) is 11.6. The topological polar surface area (TPSA) is 217 Å². The van der Waals surface area contributed by atoms with E-state index in [0.717, 1.165) is 24.8 Å². The molecule has 0 unspecified atom stereocenters. The highest BCUT2D eigenvalue weighted by Crippen LogP contribution is 2.59. The first kappa shape index (κ1) is 50.5. The lowest BCUT2D eigenvalue weighted by Crippen LogP contribution is -2.58. The molecule has 0 aromatic heterocycles. The molecule has 3 aliphatic heterocycles. The monoisotopic (exact) mass is 963 g/mol. The summed E-state index contributed by atoms with van der Waals surface area (Å²) in [7, 11) is 1.45. The number of fused-ring (bicyclic) bond motifs is 14. The van der Waals surface area contributed by atoms with Crippen molar-refractivity contribution in [2.45, 2.75) is 136 Å². The van der Waals surface area contributed by atoms with Gasteiger partial charge in [0.05, 0.1) is 65.1 Å². The number of anilines is 1. The number of benzene rings is 3. The number of methoxy groups -OCH3 is 1. The van der Waals surface area contributed by atoms with Crippen molar-refractivity contribution in [3.63, 3.8) is 0 Å². The van der Waals surface area contributed by atoms with Gasteiger partial charge in [0, 0.05) is 61.2 Å². The fourth-order valence-electron chi connectivity index (χ4n) is 12.5. The summed E-state index contributed by atoms with van der Waals surface area (Å²) < 4.78 is 24.0. The quantitative estimate of drug-likeness (QED) is 0.0431. The average molecular weight is 964 g/mol. The van der Waals surface area contributed by atoms with Crippen LogP contribution in [0, 0.1) is 48.3 Å². The summed E-state index contributed by atoms with van der Waals surface area (Å²) in [5, 5.41) is 69.6. The van der Waals surface area contributed by atoms with Gasteiger partial charge in [-0.3, -0.25) is 19.4 Å². The minimum atomic E-state index is -2.07. The first-order valence-corrected chi connectivity index (χ1v) is 24.6. The second-order valence-corrected chi connectivity index (χ2v) is 21.0. The molecule has 15 nitrogen and oxygen atoms in total. The van der Waals surface area contributed by atoms with Gasteiger partial charge in [0.15, 0.2) is 5.75 Å². The zero-order valence-corrected chi connectivity index (χ0v) is 41.6. The molecule has 7 aliphatic rings. The van der Waals surface area contributed by atoms with E-state index in [2.05, 4.69) is 10.3 Å². The number of carbonyl (C=O) groups is 3. The largest absolute Gasteiger partial charge is 0.507 e. The number of ketones is 1. The number of hydrogen-bond donors (Lipinski definition) is 6. The molecule has 15 heteroatoms. The van der Waals surface area contributed by atoms with E-state index in [1.54, 1.807) is 46.8 Å². The number of nitrogens with one attached hydrogen (secondary N) is 1. The van der Waals surface area contributed by atoms with Gasteiger partial charge in [0.25, 0.3) is 11.7 Å². The van der Waals surface area contributed by atoms with Crippen LogP contribution in [0.3, 0.4) is 0 Å². The predicted octanol–water partition coefficient (Wildman–Crippen LogP) is 8.56. The number of amides is 1. The highest BCUT2D eigenvalue weighted by molar-refractivity contribution is 6.23. The maximum absolute atomic E-state index is 14.8. The maximum Gasteiger partial charge on any atom is 0.312 e. The van der Waals surface area contributed by atoms with E-state index < -0.39 is 88.8 Å². The Hall–Kier alpha value is -5.90. The molecule has 4 aliphatic carbocycles. The van der Waals surface area contributed by atoms with Crippen LogP contribution >= 0.6 is 0 Å².